The van der Waals surface area contributed by atoms with E-state index in [2.05, 4.69) is 20.6 Å². The van der Waals surface area contributed by atoms with Gasteiger partial charge in [-0.25, -0.2) is 4.79 Å². The first-order valence-electron chi connectivity index (χ1n) is 9.23. The van der Waals surface area contributed by atoms with Gasteiger partial charge in [-0.2, -0.15) is 9.78 Å². The van der Waals surface area contributed by atoms with Gasteiger partial charge in [0, 0.05) is 12.1 Å². The molecule has 1 N–H and O–H groups in total. The van der Waals surface area contributed by atoms with Gasteiger partial charge in [0.2, 0.25) is 10.8 Å². The summed E-state index contributed by atoms with van der Waals surface area (Å²) in [6.07, 6.45) is 0. The van der Waals surface area contributed by atoms with Crippen molar-refractivity contribution in [2.24, 2.45) is 5.10 Å². The summed E-state index contributed by atoms with van der Waals surface area (Å²) in [6.45, 7) is 2.20. The zero-order chi connectivity index (χ0) is 20.5. The van der Waals surface area contributed by atoms with Crippen molar-refractivity contribution in [2.45, 2.75) is 18.7 Å². The van der Waals surface area contributed by atoms with Crippen molar-refractivity contribution < 1.29 is 13.9 Å². The number of benzene rings is 2. The number of nitrogens with one attached hydrogen (secondary N) is 1. The molecule has 1 aliphatic rings. The summed E-state index contributed by atoms with van der Waals surface area (Å²) in [4.78, 5) is 12.5. The van der Waals surface area contributed by atoms with Crippen molar-refractivity contribution in [2.75, 3.05) is 5.75 Å². The second-order valence-electron chi connectivity index (χ2n) is 6.65. The minimum absolute atomic E-state index is 0.202. The fourth-order valence-electron chi connectivity index (χ4n) is 3.03. The maximum absolute atomic E-state index is 12.5. The molecule has 2 aromatic heterocycles. The summed E-state index contributed by atoms with van der Waals surface area (Å²) < 4.78 is 14.0. The normalized spacial score (nSPS) is 13.0. The van der Waals surface area contributed by atoms with Gasteiger partial charge in [0.25, 0.3) is 0 Å². The molecule has 0 spiro atoms. The number of fused-ring (bicyclic) bond motifs is 1. The van der Waals surface area contributed by atoms with Crippen LogP contribution in [0.4, 0.5) is 0 Å². The van der Waals surface area contributed by atoms with Crippen LogP contribution in [0.5, 0.6) is 5.75 Å². The number of aromatic amines is 1. The molecule has 30 heavy (non-hydrogen) atoms. The second-order valence-corrected chi connectivity index (χ2v) is 7.59. The van der Waals surface area contributed by atoms with Gasteiger partial charge in [-0.1, -0.05) is 47.7 Å². The molecule has 1 aliphatic heterocycles. The van der Waals surface area contributed by atoms with Gasteiger partial charge in [-0.15, -0.1) is 10.2 Å². The fourth-order valence-corrected chi connectivity index (χ4v) is 3.86. The molecular weight excluding hydrogens is 404 g/mol. The van der Waals surface area contributed by atoms with E-state index < -0.39 is 5.63 Å². The molecule has 2 aromatic carbocycles. The summed E-state index contributed by atoms with van der Waals surface area (Å²) in [5.41, 5.74) is 2.30. The van der Waals surface area contributed by atoms with Gasteiger partial charge in [0.05, 0.1) is 5.75 Å². The Morgan fingerprint density at radius 2 is 1.97 bits per heavy atom. The Balaban J connectivity index is 1.49. The number of ether oxygens (including phenoxy) is 1. The lowest BCUT2D eigenvalue weighted by Crippen LogP contribution is -2.42. The van der Waals surface area contributed by atoms with E-state index >= 15 is 0 Å². The van der Waals surface area contributed by atoms with E-state index in [1.165, 1.54) is 11.8 Å². The highest BCUT2D eigenvalue weighted by atomic mass is 32.2. The van der Waals surface area contributed by atoms with Gasteiger partial charge < -0.3 is 4.74 Å². The van der Waals surface area contributed by atoms with E-state index in [1.54, 1.807) is 9.36 Å². The van der Waals surface area contributed by atoms with E-state index in [9.17, 15) is 4.79 Å². The zero-order valence-corrected chi connectivity index (χ0v) is 16.8. The molecule has 0 bridgehead atoms. The van der Waals surface area contributed by atoms with Crippen LogP contribution in [0, 0.1) is 6.92 Å². The molecule has 0 radical (unpaired) electrons. The van der Waals surface area contributed by atoms with Gasteiger partial charge in [0.15, 0.2) is 11.5 Å². The molecule has 0 atom stereocenters. The van der Waals surface area contributed by atoms with E-state index in [0.717, 1.165) is 17.0 Å². The number of hydrogen-bond donors (Lipinski definition) is 1. The van der Waals surface area contributed by atoms with E-state index in [1.807, 2.05) is 61.5 Å². The average molecular weight is 421 g/mol. The monoisotopic (exact) mass is 421 g/mol. The fraction of sp³-hybridized carbons (Fsp3) is 0.150. The smallest absolute Gasteiger partial charge is 0.437 e. The molecule has 4 aromatic rings. The third kappa shape index (κ3) is 3.41. The number of rotatable bonds is 5. The van der Waals surface area contributed by atoms with Gasteiger partial charge in [0.1, 0.15) is 12.4 Å². The molecule has 0 aliphatic carbocycles. The zero-order valence-electron chi connectivity index (χ0n) is 16.0. The molecule has 0 saturated heterocycles. The van der Waals surface area contributed by atoms with Crippen LogP contribution in [0.25, 0.3) is 5.69 Å². The maximum atomic E-state index is 12.5. The van der Waals surface area contributed by atoms with Crippen molar-refractivity contribution in [3.05, 3.63) is 82.1 Å². The number of hydrogen-bond acceptors (Lipinski definition) is 7. The Hall–Kier alpha value is -3.66. The highest BCUT2D eigenvalue weighted by molar-refractivity contribution is 7.99. The second kappa shape index (κ2) is 7.64. The van der Waals surface area contributed by atoms with Crippen LogP contribution >= 0.6 is 11.8 Å². The lowest BCUT2D eigenvalue weighted by molar-refractivity contribution is -0.671. The Morgan fingerprint density at radius 3 is 2.77 bits per heavy atom. The quantitative estimate of drug-likeness (QED) is 0.495. The molecule has 0 amide bonds. The molecule has 5 rings (SSSR count). The third-order valence-corrected chi connectivity index (χ3v) is 5.49. The van der Waals surface area contributed by atoms with Gasteiger partial charge in [-0.05, 0) is 29.0 Å². The predicted octanol–water partition coefficient (Wildman–Crippen LogP) is 2.08. The summed E-state index contributed by atoms with van der Waals surface area (Å²) in [6, 6.07) is 17.2. The highest BCUT2D eigenvalue weighted by Gasteiger charge is 2.32. The first-order valence-corrected chi connectivity index (χ1v) is 10.2. The van der Waals surface area contributed by atoms with Crippen molar-refractivity contribution in [3.63, 3.8) is 0 Å². The summed E-state index contributed by atoms with van der Waals surface area (Å²) in [5, 5.41) is 16.3. The Morgan fingerprint density at radius 1 is 1.17 bits per heavy atom. The predicted molar refractivity (Wildman–Crippen MR) is 109 cm³/mol. The van der Waals surface area contributed by atoms with Crippen LogP contribution in [-0.4, -0.2) is 31.6 Å². The van der Waals surface area contributed by atoms with Crippen LogP contribution in [0.3, 0.4) is 0 Å². The van der Waals surface area contributed by atoms with Crippen molar-refractivity contribution >= 4 is 17.5 Å². The summed E-state index contributed by atoms with van der Waals surface area (Å²) >= 11 is 1.45. The van der Waals surface area contributed by atoms with E-state index in [-0.39, 0.29) is 6.61 Å². The molecule has 0 unspecified atom stereocenters. The SMILES string of the molecule is Cc1ccc(-[n+]2[nH]oc(=O)c2C2=Nn3c(COc4ccccc4)nnc3SC2)cc1. The number of nitrogens with zero attached hydrogens (tertiary/aromatic N) is 5. The lowest BCUT2D eigenvalue weighted by Gasteiger charge is -2.11. The molecule has 150 valence electrons. The van der Waals surface area contributed by atoms with Crippen LogP contribution in [0.15, 0.2) is 74.2 Å². The Labute approximate surface area is 175 Å². The molecule has 3 heterocycles. The third-order valence-electron chi connectivity index (χ3n) is 4.56. The van der Waals surface area contributed by atoms with Crippen molar-refractivity contribution in [1.82, 2.24) is 20.1 Å². The van der Waals surface area contributed by atoms with Gasteiger partial charge >= 0.3 is 11.3 Å². The van der Waals surface area contributed by atoms with Crippen LogP contribution in [0.1, 0.15) is 17.1 Å². The topological polar surface area (TPSA) is 102 Å². The standard InChI is InChI=1S/C20H16N6O3S/c1-13-7-9-14(10-8-13)25-18(19(27)29-24-25)16-12-30-20-22-21-17(26(20)23-16)11-28-15-5-3-2-4-6-15/h2-10H,11-12H2,1H3/p+1. The molecule has 10 heteroatoms. The number of H-pyrrole nitrogens is 1. The number of para-hydroxylation sites is 1. The Kier molecular flexibility index (Phi) is 4.68. The molecule has 0 saturated carbocycles. The van der Waals surface area contributed by atoms with Crippen molar-refractivity contribution in [1.29, 1.82) is 0 Å². The largest absolute Gasteiger partial charge is 0.486 e. The van der Waals surface area contributed by atoms with E-state index in [0.29, 0.717) is 28.1 Å². The van der Waals surface area contributed by atoms with Gasteiger partial charge in [-0.3, -0.25) is 4.52 Å². The highest BCUT2D eigenvalue weighted by Crippen LogP contribution is 2.23. The molecular formula is C20H17N6O3S+. The summed E-state index contributed by atoms with van der Waals surface area (Å²) in [7, 11) is 0. The lowest BCUT2D eigenvalue weighted by atomic mass is 10.2. The minimum Gasteiger partial charge on any atom is -0.486 e. The Bertz CT molecular complexity index is 1270. The minimum atomic E-state index is -0.492. The number of aryl methyl sites for hydroxylation is 1. The first-order chi connectivity index (χ1) is 14.7. The first kappa shape index (κ1) is 18.4. The maximum Gasteiger partial charge on any atom is 0.437 e. The van der Waals surface area contributed by atoms with E-state index in [4.69, 9.17) is 9.26 Å². The number of aromatic nitrogens is 5. The molecule has 9 nitrogen and oxygen atoms in total. The number of thioether (sulfide) groups is 1. The average Bonchev–Trinajstić information content (AvgIpc) is 3.36. The van der Waals surface area contributed by atoms with Crippen LogP contribution < -0.4 is 15.0 Å². The molecule has 0 fully saturated rings. The van der Waals surface area contributed by atoms with Crippen LogP contribution in [0.2, 0.25) is 0 Å². The van der Waals surface area contributed by atoms with Crippen LogP contribution in [-0.2, 0) is 6.61 Å². The summed E-state index contributed by atoms with van der Waals surface area (Å²) in [5.74, 6) is 1.73. The van der Waals surface area contributed by atoms with Crippen molar-refractivity contribution in [3.8, 4) is 11.4 Å².